The highest BCUT2D eigenvalue weighted by Crippen LogP contribution is 2.42. The zero-order chi connectivity index (χ0) is 12.4. The van der Waals surface area contributed by atoms with Gasteiger partial charge in [-0.2, -0.15) is 0 Å². The van der Waals surface area contributed by atoms with Crippen LogP contribution in [0.5, 0.6) is 0 Å². The Balaban J connectivity index is 2.33. The maximum absolute atomic E-state index is 5.91. The highest BCUT2D eigenvalue weighted by molar-refractivity contribution is 9.10. The molecule has 0 saturated heterocycles. The third-order valence-electron chi connectivity index (χ3n) is 3.01. The molecule has 0 aromatic carbocycles. The first-order valence-corrected chi connectivity index (χ1v) is 6.81. The number of rotatable bonds is 5. The van der Waals surface area contributed by atoms with Gasteiger partial charge in [-0.3, -0.25) is 0 Å². The minimum absolute atomic E-state index is 0.000932. The van der Waals surface area contributed by atoms with E-state index in [0.717, 1.165) is 28.8 Å². The summed E-state index contributed by atoms with van der Waals surface area (Å²) in [4.78, 5) is 8.94. The zero-order valence-corrected chi connectivity index (χ0v) is 11.8. The first kappa shape index (κ1) is 12.8. The van der Waals surface area contributed by atoms with Crippen molar-refractivity contribution in [2.24, 2.45) is 5.92 Å². The Kier molecular flexibility index (Phi) is 3.99. The quantitative estimate of drug-likeness (QED) is 0.908. The molecule has 0 bridgehead atoms. The second kappa shape index (κ2) is 5.31. The van der Waals surface area contributed by atoms with Crippen LogP contribution in [0, 0.1) is 5.92 Å². The van der Waals surface area contributed by atoms with Gasteiger partial charge in [0.05, 0.1) is 10.2 Å². The number of halogens is 1. The monoisotopic (exact) mass is 299 g/mol. The topological polar surface area (TPSA) is 61.0 Å². The lowest BCUT2D eigenvalue weighted by Crippen LogP contribution is -2.13. The molecule has 0 amide bonds. The largest absolute Gasteiger partial charge is 0.383 e. The molecule has 1 aromatic heterocycles. The summed E-state index contributed by atoms with van der Waals surface area (Å²) in [6, 6.07) is 0. The van der Waals surface area contributed by atoms with E-state index < -0.39 is 0 Å². The lowest BCUT2D eigenvalue weighted by Gasteiger charge is -2.15. The molecule has 17 heavy (non-hydrogen) atoms. The van der Waals surface area contributed by atoms with Crippen LogP contribution in [0.25, 0.3) is 0 Å². The predicted molar refractivity (Wildman–Crippen MR) is 70.6 cm³/mol. The van der Waals surface area contributed by atoms with Crippen LogP contribution >= 0.6 is 15.9 Å². The molecule has 1 aliphatic carbocycles. The molecule has 1 saturated carbocycles. The standard InChI is InChI=1S/C12H18BrN3O/c1-3-4-8-9(13)11(14)16-12(15-8)10(17-2)7-5-6-7/h7,10H,3-6H2,1-2H3,(H2,14,15,16). The van der Waals surface area contributed by atoms with Crippen molar-refractivity contribution in [2.45, 2.75) is 38.7 Å². The third-order valence-corrected chi connectivity index (χ3v) is 3.87. The highest BCUT2D eigenvalue weighted by Gasteiger charge is 2.34. The van der Waals surface area contributed by atoms with E-state index in [0.29, 0.717) is 11.7 Å². The Morgan fingerprint density at radius 3 is 2.71 bits per heavy atom. The molecular formula is C12H18BrN3O. The van der Waals surface area contributed by atoms with Gasteiger partial charge in [-0.1, -0.05) is 13.3 Å². The van der Waals surface area contributed by atoms with Gasteiger partial charge in [0.25, 0.3) is 0 Å². The third kappa shape index (κ3) is 2.77. The average Bonchev–Trinajstić information content (AvgIpc) is 3.11. The van der Waals surface area contributed by atoms with E-state index >= 15 is 0 Å². The summed E-state index contributed by atoms with van der Waals surface area (Å²) in [6.07, 6.45) is 4.33. The van der Waals surface area contributed by atoms with E-state index in [1.165, 1.54) is 12.8 Å². The van der Waals surface area contributed by atoms with Crippen molar-refractivity contribution in [1.82, 2.24) is 9.97 Å². The van der Waals surface area contributed by atoms with Crippen LogP contribution in [0.2, 0.25) is 0 Å². The van der Waals surface area contributed by atoms with Crippen LogP contribution in [-0.2, 0) is 11.2 Å². The molecule has 0 spiro atoms. The molecule has 1 aliphatic rings. The maximum Gasteiger partial charge on any atom is 0.160 e. The van der Waals surface area contributed by atoms with Crippen LogP contribution < -0.4 is 5.73 Å². The Morgan fingerprint density at radius 2 is 2.18 bits per heavy atom. The van der Waals surface area contributed by atoms with Crippen molar-refractivity contribution in [2.75, 3.05) is 12.8 Å². The van der Waals surface area contributed by atoms with E-state index in [2.05, 4.69) is 32.8 Å². The lowest BCUT2D eigenvalue weighted by molar-refractivity contribution is 0.0771. The average molecular weight is 300 g/mol. The molecule has 0 radical (unpaired) electrons. The molecule has 1 atom stereocenters. The molecule has 0 aliphatic heterocycles. The fraction of sp³-hybridized carbons (Fsp3) is 0.667. The number of nitrogen functional groups attached to an aromatic ring is 1. The van der Waals surface area contributed by atoms with E-state index in [4.69, 9.17) is 10.5 Å². The Bertz CT molecular complexity index is 407. The van der Waals surface area contributed by atoms with Gasteiger partial charge >= 0.3 is 0 Å². The minimum Gasteiger partial charge on any atom is -0.383 e. The predicted octanol–water partition coefficient (Wildman–Crippen LogP) is 2.87. The van der Waals surface area contributed by atoms with Crippen molar-refractivity contribution in [3.8, 4) is 0 Å². The normalized spacial score (nSPS) is 17.1. The van der Waals surface area contributed by atoms with Gasteiger partial charge in [0.2, 0.25) is 0 Å². The number of nitrogens with zero attached hydrogens (tertiary/aromatic N) is 2. The van der Waals surface area contributed by atoms with Gasteiger partial charge in [-0.05, 0) is 41.1 Å². The summed E-state index contributed by atoms with van der Waals surface area (Å²) in [7, 11) is 1.71. The SMILES string of the molecule is CCCc1nc(C(OC)C2CC2)nc(N)c1Br. The second-order valence-electron chi connectivity index (χ2n) is 4.47. The second-order valence-corrected chi connectivity index (χ2v) is 5.26. The van der Waals surface area contributed by atoms with Gasteiger partial charge in [-0.15, -0.1) is 0 Å². The number of hydrogen-bond donors (Lipinski definition) is 1. The summed E-state index contributed by atoms with van der Waals surface area (Å²) in [5, 5.41) is 0. The maximum atomic E-state index is 5.91. The van der Waals surface area contributed by atoms with Crippen molar-refractivity contribution >= 4 is 21.7 Å². The van der Waals surface area contributed by atoms with Crippen molar-refractivity contribution in [1.29, 1.82) is 0 Å². The summed E-state index contributed by atoms with van der Waals surface area (Å²) >= 11 is 3.45. The molecule has 2 rings (SSSR count). The van der Waals surface area contributed by atoms with Gasteiger partial charge in [0, 0.05) is 7.11 Å². The van der Waals surface area contributed by atoms with Crippen molar-refractivity contribution in [3.05, 3.63) is 16.0 Å². The van der Waals surface area contributed by atoms with E-state index in [9.17, 15) is 0 Å². The van der Waals surface area contributed by atoms with Crippen molar-refractivity contribution in [3.63, 3.8) is 0 Å². The van der Waals surface area contributed by atoms with Crippen molar-refractivity contribution < 1.29 is 4.74 Å². The van der Waals surface area contributed by atoms with E-state index in [1.54, 1.807) is 7.11 Å². The van der Waals surface area contributed by atoms with Gasteiger partial charge < -0.3 is 10.5 Å². The Labute approximate surface area is 110 Å². The number of nitrogens with two attached hydrogens (primary N) is 1. The summed E-state index contributed by atoms with van der Waals surface area (Å²) < 4.78 is 6.32. The lowest BCUT2D eigenvalue weighted by atomic mass is 10.2. The van der Waals surface area contributed by atoms with Crippen LogP contribution in [0.3, 0.4) is 0 Å². The molecule has 5 heteroatoms. The summed E-state index contributed by atoms with van der Waals surface area (Å²) in [5.74, 6) is 1.82. The molecule has 1 unspecified atom stereocenters. The fourth-order valence-corrected chi connectivity index (χ4v) is 2.35. The minimum atomic E-state index is 0.000932. The summed E-state index contributed by atoms with van der Waals surface area (Å²) in [5.41, 5.74) is 6.90. The first-order chi connectivity index (χ1) is 8.17. The molecule has 1 heterocycles. The number of anilines is 1. The van der Waals surface area contributed by atoms with Crippen LogP contribution in [0.4, 0.5) is 5.82 Å². The number of aryl methyl sites for hydroxylation is 1. The van der Waals surface area contributed by atoms with E-state index in [-0.39, 0.29) is 6.10 Å². The first-order valence-electron chi connectivity index (χ1n) is 6.02. The number of aromatic nitrogens is 2. The molecule has 94 valence electrons. The summed E-state index contributed by atoms with van der Waals surface area (Å²) in [6.45, 7) is 2.12. The Hall–Kier alpha value is -0.680. The molecule has 2 N–H and O–H groups in total. The zero-order valence-electron chi connectivity index (χ0n) is 10.2. The van der Waals surface area contributed by atoms with Crippen LogP contribution in [-0.4, -0.2) is 17.1 Å². The molecule has 4 nitrogen and oxygen atoms in total. The fourth-order valence-electron chi connectivity index (χ4n) is 1.97. The van der Waals surface area contributed by atoms with E-state index in [1.807, 2.05) is 0 Å². The molecule has 1 aromatic rings. The van der Waals surface area contributed by atoms with Gasteiger partial charge in [0.15, 0.2) is 5.82 Å². The number of ether oxygens (including phenoxy) is 1. The van der Waals surface area contributed by atoms with Gasteiger partial charge in [-0.25, -0.2) is 9.97 Å². The smallest absolute Gasteiger partial charge is 0.160 e. The van der Waals surface area contributed by atoms with Crippen LogP contribution in [0.15, 0.2) is 4.47 Å². The molecular weight excluding hydrogens is 282 g/mol. The highest BCUT2D eigenvalue weighted by atomic mass is 79.9. The number of methoxy groups -OCH3 is 1. The Morgan fingerprint density at radius 1 is 1.47 bits per heavy atom. The molecule has 1 fully saturated rings. The number of hydrogen-bond acceptors (Lipinski definition) is 4. The van der Waals surface area contributed by atoms with Gasteiger partial charge in [0.1, 0.15) is 11.9 Å². The van der Waals surface area contributed by atoms with Crippen LogP contribution in [0.1, 0.15) is 43.8 Å².